The molecular formula is C16H23NO. The van der Waals surface area contributed by atoms with Crippen LogP contribution in [0.25, 0.3) is 0 Å². The molecule has 18 heavy (non-hydrogen) atoms. The summed E-state index contributed by atoms with van der Waals surface area (Å²) in [4.78, 5) is 2.49. The van der Waals surface area contributed by atoms with Gasteiger partial charge >= 0.3 is 0 Å². The number of nitrogens with zero attached hydrogens (tertiary/aromatic N) is 1. The Morgan fingerprint density at radius 1 is 1.22 bits per heavy atom. The highest BCUT2D eigenvalue weighted by atomic mass is 16.3. The lowest BCUT2D eigenvalue weighted by Gasteiger charge is -2.38. The highest BCUT2D eigenvalue weighted by Gasteiger charge is 2.48. The maximum atomic E-state index is 11.2. The predicted octanol–water partition coefficient (Wildman–Crippen LogP) is 2.75. The maximum Gasteiger partial charge on any atom is 0.107 e. The van der Waals surface area contributed by atoms with Gasteiger partial charge in [0.1, 0.15) is 5.60 Å². The Kier molecular flexibility index (Phi) is 2.95. The first kappa shape index (κ1) is 12.2. The zero-order chi connectivity index (χ0) is 12.8. The molecule has 3 rings (SSSR count). The minimum absolute atomic E-state index is 0.340. The molecule has 0 saturated carbocycles. The second-order valence-electron chi connectivity index (χ2n) is 5.97. The molecule has 2 aliphatic heterocycles. The topological polar surface area (TPSA) is 23.5 Å². The van der Waals surface area contributed by atoms with Crippen molar-refractivity contribution >= 4 is 0 Å². The number of aliphatic hydroxyl groups is 1. The number of hydrogen-bond acceptors (Lipinski definition) is 2. The van der Waals surface area contributed by atoms with Crippen LogP contribution in [0.3, 0.4) is 0 Å². The summed E-state index contributed by atoms with van der Waals surface area (Å²) in [7, 11) is 0. The monoisotopic (exact) mass is 245 g/mol. The van der Waals surface area contributed by atoms with Gasteiger partial charge in [0.2, 0.25) is 0 Å². The minimum Gasteiger partial charge on any atom is -0.383 e. The van der Waals surface area contributed by atoms with E-state index in [9.17, 15) is 5.11 Å². The highest BCUT2D eigenvalue weighted by molar-refractivity contribution is 5.39. The fraction of sp³-hybridized carbons (Fsp3) is 0.625. The van der Waals surface area contributed by atoms with Gasteiger partial charge in [-0.15, -0.1) is 0 Å². The molecule has 2 aliphatic rings. The van der Waals surface area contributed by atoms with Crippen LogP contribution in [0.4, 0.5) is 0 Å². The van der Waals surface area contributed by atoms with Crippen LogP contribution in [0.1, 0.15) is 42.4 Å². The van der Waals surface area contributed by atoms with Gasteiger partial charge in [-0.25, -0.2) is 0 Å². The Balaban J connectivity index is 2.01. The van der Waals surface area contributed by atoms with E-state index in [1.807, 2.05) is 0 Å². The van der Waals surface area contributed by atoms with Crippen LogP contribution < -0.4 is 0 Å². The molecule has 98 valence electrons. The van der Waals surface area contributed by atoms with Crippen LogP contribution in [0, 0.1) is 13.8 Å². The Bertz CT molecular complexity index is 456. The minimum atomic E-state index is -0.615. The van der Waals surface area contributed by atoms with Crippen molar-refractivity contribution in [1.82, 2.24) is 4.90 Å². The van der Waals surface area contributed by atoms with Gasteiger partial charge in [0, 0.05) is 12.6 Å². The van der Waals surface area contributed by atoms with E-state index in [0.29, 0.717) is 6.04 Å². The average Bonchev–Trinajstić information content (AvgIpc) is 2.72. The van der Waals surface area contributed by atoms with Crippen molar-refractivity contribution in [2.24, 2.45) is 0 Å². The van der Waals surface area contributed by atoms with Gasteiger partial charge in [0.25, 0.3) is 0 Å². The summed E-state index contributed by atoms with van der Waals surface area (Å²) in [6, 6.07) is 6.68. The zero-order valence-corrected chi connectivity index (χ0v) is 11.4. The molecule has 2 nitrogen and oxygen atoms in total. The van der Waals surface area contributed by atoms with E-state index >= 15 is 0 Å². The first-order valence-corrected chi connectivity index (χ1v) is 7.16. The van der Waals surface area contributed by atoms with Crippen LogP contribution in [-0.2, 0) is 5.60 Å². The lowest BCUT2D eigenvalue weighted by atomic mass is 9.80. The lowest BCUT2D eigenvalue weighted by Crippen LogP contribution is -2.45. The molecule has 2 saturated heterocycles. The van der Waals surface area contributed by atoms with E-state index < -0.39 is 5.60 Å². The quantitative estimate of drug-likeness (QED) is 0.822. The van der Waals surface area contributed by atoms with Crippen LogP contribution in [-0.4, -0.2) is 29.1 Å². The van der Waals surface area contributed by atoms with Gasteiger partial charge in [-0.3, -0.25) is 4.90 Å². The standard InChI is InChI=1S/C16H23NO/c1-12-6-5-7-14(13(12)2)16(18)9-11-17-10-4-3-8-15(16)17/h5-7,15,18H,3-4,8-11H2,1-2H3. The first-order chi connectivity index (χ1) is 8.63. The Labute approximate surface area is 110 Å². The average molecular weight is 245 g/mol. The Morgan fingerprint density at radius 3 is 2.89 bits per heavy atom. The van der Waals surface area contributed by atoms with Gasteiger partial charge in [-0.1, -0.05) is 24.6 Å². The molecule has 0 aliphatic carbocycles. The van der Waals surface area contributed by atoms with Crippen molar-refractivity contribution in [1.29, 1.82) is 0 Å². The second-order valence-corrected chi connectivity index (χ2v) is 5.97. The van der Waals surface area contributed by atoms with Crippen molar-refractivity contribution in [3.63, 3.8) is 0 Å². The van der Waals surface area contributed by atoms with E-state index in [4.69, 9.17) is 0 Å². The number of benzene rings is 1. The molecule has 1 aromatic rings. The van der Waals surface area contributed by atoms with Crippen molar-refractivity contribution in [3.05, 3.63) is 34.9 Å². The molecule has 0 radical (unpaired) electrons. The number of piperidine rings is 1. The smallest absolute Gasteiger partial charge is 0.107 e. The molecule has 0 aromatic heterocycles. The van der Waals surface area contributed by atoms with E-state index in [2.05, 4.69) is 36.9 Å². The number of fused-ring (bicyclic) bond motifs is 1. The maximum absolute atomic E-state index is 11.2. The summed E-state index contributed by atoms with van der Waals surface area (Å²) >= 11 is 0. The zero-order valence-electron chi connectivity index (χ0n) is 11.4. The molecule has 0 amide bonds. The van der Waals surface area contributed by atoms with Crippen LogP contribution >= 0.6 is 0 Å². The SMILES string of the molecule is Cc1cccc(C2(O)CCN3CCCCC32)c1C. The van der Waals surface area contributed by atoms with E-state index in [0.717, 1.165) is 31.5 Å². The molecule has 2 atom stereocenters. The first-order valence-electron chi connectivity index (χ1n) is 7.16. The third-order valence-electron chi connectivity index (χ3n) is 5.02. The van der Waals surface area contributed by atoms with Crippen LogP contribution in [0.15, 0.2) is 18.2 Å². The lowest BCUT2D eigenvalue weighted by molar-refractivity contribution is -0.0143. The molecular weight excluding hydrogens is 222 g/mol. The third kappa shape index (κ3) is 1.70. The van der Waals surface area contributed by atoms with Crippen molar-refractivity contribution in [3.8, 4) is 0 Å². The summed E-state index contributed by atoms with van der Waals surface area (Å²) in [6.07, 6.45) is 4.58. The summed E-state index contributed by atoms with van der Waals surface area (Å²) in [5.41, 5.74) is 3.11. The van der Waals surface area contributed by atoms with Crippen LogP contribution in [0.5, 0.6) is 0 Å². The normalized spacial score (nSPS) is 32.5. The third-order valence-corrected chi connectivity index (χ3v) is 5.02. The molecule has 1 aromatic carbocycles. The fourth-order valence-electron chi connectivity index (χ4n) is 3.81. The molecule has 0 spiro atoms. The Morgan fingerprint density at radius 2 is 2.06 bits per heavy atom. The van der Waals surface area contributed by atoms with Gasteiger partial charge < -0.3 is 5.11 Å². The molecule has 2 heteroatoms. The van der Waals surface area contributed by atoms with E-state index in [1.165, 1.54) is 24.0 Å². The van der Waals surface area contributed by atoms with Crippen LogP contribution in [0.2, 0.25) is 0 Å². The fourth-order valence-corrected chi connectivity index (χ4v) is 3.81. The van der Waals surface area contributed by atoms with Gasteiger partial charge in [0.15, 0.2) is 0 Å². The van der Waals surface area contributed by atoms with Gasteiger partial charge in [0.05, 0.1) is 0 Å². The molecule has 2 heterocycles. The largest absolute Gasteiger partial charge is 0.383 e. The van der Waals surface area contributed by atoms with Crippen molar-refractivity contribution in [2.45, 2.75) is 51.2 Å². The van der Waals surface area contributed by atoms with Gasteiger partial charge in [-0.05, 0) is 56.3 Å². The number of hydrogen-bond donors (Lipinski definition) is 1. The van der Waals surface area contributed by atoms with Gasteiger partial charge in [-0.2, -0.15) is 0 Å². The number of aryl methyl sites for hydroxylation is 1. The molecule has 0 bridgehead atoms. The summed E-state index contributed by atoms with van der Waals surface area (Å²) < 4.78 is 0. The predicted molar refractivity (Wildman–Crippen MR) is 73.6 cm³/mol. The second kappa shape index (κ2) is 4.36. The number of rotatable bonds is 1. The molecule has 2 fully saturated rings. The molecule has 2 unspecified atom stereocenters. The molecule has 1 N–H and O–H groups in total. The summed E-state index contributed by atoms with van der Waals surface area (Å²) in [5, 5.41) is 11.2. The summed E-state index contributed by atoms with van der Waals surface area (Å²) in [5.74, 6) is 0. The highest BCUT2D eigenvalue weighted by Crippen LogP contribution is 2.43. The van der Waals surface area contributed by atoms with E-state index in [1.54, 1.807) is 0 Å². The van der Waals surface area contributed by atoms with Crippen molar-refractivity contribution < 1.29 is 5.11 Å². The van der Waals surface area contributed by atoms with E-state index in [-0.39, 0.29) is 0 Å². The Hall–Kier alpha value is -0.860. The summed E-state index contributed by atoms with van der Waals surface area (Å²) in [6.45, 7) is 6.50. The van der Waals surface area contributed by atoms with Crippen molar-refractivity contribution in [2.75, 3.05) is 13.1 Å².